The highest BCUT2D eigenvalue weighted by Gasteiger charge is 1.93. The third-order valence-electron chi connectivity index (χ3n) is 0.546. The van der Waals surface area contributed by atoms with E-state index in [-0.39, 0.29) is 0 Å². The minimum Gasteiger partial charge on any atom is -0.211 e. The Morgan fingerprint density at radius 3 is 2.57 bits per heavy atom. The van der Waals surface area contributed by atoms with E-state index < -0.39 is 6.23 Å². The topological polar surface area (TPSA) is 49.3 Å². The van der Waals surface area contributed by atoms with Gasteiger partial charge in [-0.1, -0.05) is 6.92 Å². The molecule has 1 unspecified atom stereocenters. The lowest BCUT2D eigenvalue weighted by molar-refractivity contribution is 0.0937. The van der Waals surface area contributed by atoms with Crippen LogP contribution in [-0.4, -0.2) is 12.3 Å². The summed E-state index contributed by atoms with van der Waals surface area (Å²) in [5, 5.41) is 10.1. The Bertz CT molecular complexity index is 85.7. The van der Waals surface area contributed by atoms with Crippen molar-refractivity contribution in [1.82, 2.24) is 0 Å². The molecular formula is C4H6NO2. The lowest BCUT2D eigenvalue weighted by Crippen LogP contribution is -1.94. The van der Waals surface area contributed by atoms with Crippen molar-refractivity contribution in [2.75, 3.05) is 0 Å². The highest BCUT2D eigenvalue weighted by Crippen LogP contribution is 1.87. The van der Waals surface area contributed by atoms with Crippen LogP contribution in [-0.2, 0) is 9.90 Å². The molecule has 0 fully saturated rings. The van der Waals surface area contributed by atoms with Crippen LogP contribution in [0.5, 0.6) is 0 Å². The molecule has 0 aromatic rings. The molecule has 1 radical (unpaired) electrons. The van der Waals surface area contributed by atoms with Gasteiger partial charge in [-0.3, -0.25) is 0 Å². The summed E-state index contributed by atoms with van der Waals surface area (Å²) in [7, 11) is 0. The monoisotopic (exact) mass is 100 g/mol. The molecule has 7 heavy (non-hydrogen) atoms. The summed E-state index contributed by atoms with van der Waals surface area (Å²) in [6.07, 6.45) is 0.438. The molecule has 0 saturated heterocycles. The van der Waals surface area contributed by atoms with Gasteiger partial charge in [-0.25, -0.2) is 9.90 Å². The molecule has 0 rings (SSSR count). The Hall–Kier alpha value is -0.660. The average molecular weight is 100 g/mol. The molecule has 3 nitrogen and oxygen atoms in total. The van der Waals surface area contributed by atoms with Crippen molar-refractivity contribution < 1.29 is 9.90 Å². The second kappa shape index (κ2) is 3.53. The summed E-state index contributed by atoms with van der Waals surface area (Å²) in [4.78, 5) is 12.2. The van der Waals surface area contributed by atoms with Crippen molar-refractivity contribution in [3.63, 3.8) is 0 Å². The fraction of sp³-hybridized carbons (Fsp3) is 0.750. The van der Waals surface area contributed by atoms with Crippen LogP contribution in [0, 0.1) is 0 Å². The molecule has 1 atom stereocenters. The molecule has 0 amide bonds. The fourth-order valence-corrected chi connectivity index (χ4v) is 0.150. The van der Waals surface area contributed by atoms with Gasteiger partial charge in [0.05, 0.1) is 0 Å². The molecule has 0 heterocycles. The van der Waals surface area contributed by atoms with Crippen LogP contribution >= 0.6 is 0 Å². The summed E-state index contributed by atoms with van der Waals surface area (Å²) in [6.45, 7) is 1.67. The summed E-state index contributed by atoms with van der Waals surface area (Å²) in [5.41, 5.74) is 0. The first kappa shape index (κ1) is 6.34. The van der Waals surface area contributed by atoms with Gasteiger partial charge in [0, 0.05) is 0 Å². The second-order valence-electron chi connectivity index (χ2n) is 1.08. The van der Waals surface area contributed by atoms with Crippen molar-refractivity contribution in [3.8, 4) is 0 Å². The van der Waals surface area contributed by atoms with E-state index in [0.717, 1.165) is 0 Å². The van der Waals surface area contributed by atoms with Crippen LogP contribution in [0.15, 0.2) is 4.99 Å². The van der Waals surface area contributed by atoms with Crippen LogP contribution in [0.1, 0.15) is 13.3 Å². The van der Waals surface area contributed by atoms with Gasteiger partial charge in [-0.2, -0.15) is 4.99 Å². The minimum absolute atomic E-state index is 0.356. The Morgan fingerprint density at radius 2 is 2.43 bits per heavy atom. The number of hydrogen-bond acceptors (Lipinski definition) is 2. The molecular weight excluding hydrogens is 94.0 g/mol. The first-order valence-corrected chi connectivity index (χ1v) is 2.04. The fourth-order valence-electron chi connectivity index (χ4n) is 0.150. The van der Waals surface area contributed by atoms with E-state index in [1.54, 1.807) is 6.92 Å². The molecule has 0 aromatic heterocycles. The van der Waals surface area contributed by atoms with Crippen molar-refractivity contribution >= 4 is 6.08 Å². The molecule has 0 saturated carbocycles. The standard InChI is InChI=1S/C4H6NO2/c1-2-4(7)5-3-6/h4H,2H2,1H3. The molecule has 39 valence electrons. The molecule has 0 spiro atoms. The normalized spacial score (nSPS) is 12.3. The number of carbonyl (C=O) groups excluding carboxylic acids is 1. The maximum atomic E-state index is 10.1. The Labute approximate surface area is 41.7 Å². The predicted octanol–water partition coefficient (Wildman–Crippen LogP) is 0.489. The van der Waals surface area contributed by atoms with Gasteiger partial charge in [0.15, 0.2) is 6.23 Å². The minimum atomic E-state index is -1.10. The van der Waals surface area contributed by atoms with Crippen molar-refractivity contribution in [3.05, 3.63) is 0 Å². The number of nitrogens with zero attached hydrogens (tertiary/aromatic N) is 1. The maximum Gasteiger partial charge on any atom is 0.237 e. The number of isocyanates is 1. The molecule has 3 heteroatoms. The molecule has 0 N–H and O–H groups in total. The highest BCUT2D eigenvalue weighted by molar-refractivity contribution is 5.32. The molecule has 0 aliphatic carbocycles. The van der Waals surface area contributed by atoms with E-state index in [4.69, 9.17) is 0 Å². The Balaban J connectivity index is 3.35. The summed E-state index contributed by atoms with van der Waals surface area (Å²) >= 11 is 0. The maximum absolute atomic E-state index is 10.1. The van der Waals surface area contributed by atoms with Gasteiger partial charge in [0.25, 0.3) is 0 Å². The molecule has 0 bridgehead atoms. The molecule has 0 aliphatic heterocycles. The van der Waals surface area contributed by atoms with E-state index in [1.165, 1.54) is 6.08 Å². The number of hydrogen-bond donors (Lipinski definition) is 0. The van der Waals surface area contributed by atoms with Crippen LogP contribution in [0.25, 0.3) is 0 Å². The van der Waals surface area contributed by atoms with Gasteiger partial charge in [-0.05, 0) is 6.42 Å². The van der Waals surface area contributed by atoms with Gasteiger partial charge in [-0.15, -0.1) is 0 Å². The molecule has 0 aliphatic rings. The zero-order valence-electron chi connectivity index (χ0n) is 4.05. The second-order valence-corrected chi connectivity index (χ2v) is 1.08. The highest BCUT2D eigenvalue weighted by atomic mass is 16.3. The predicted molar refractivity (Wildman–Crippen MR) is 22.9 cm³/mol. The first-order chi connectivity index (χ1) is 3.31. The van der Waals surface area contributed by atoms with Gasteiger partial charge >= 0.3 is 0 Å². The first-order valence-electron chi connectivity index (χ1n) is 2.04. The smallest absolute Gasteiger partial charge is 0.211 e. The number of rotatable bonds is 2. The third kappa shape index (κ3) is 3.16. The van der Waals surface area contributed by atoms with Gasteiger partial charge in [0.1, 0.15) is 0 Å². The van der Waals surface area contributed by atoms with Crippen molar-refractivity contribution in [2.45, 2.75) is 19.6 Å². The van der Waals surface area contributed by atoms with Crippen LogP contribution < -0.4 is 0 Å². The largest absolute Gasteiger partial charge is 0.237 e. The zero-order chi connectivity index (χ0) is 5.70. The van der Waals surface area contributed by atoms with E-state index in [9.17, 15) is 9.90 Å². The average Bonchev–Trinajstić information content (AvgIpc) is 1.68. The lowest BCUT2D eigenvalue weighted by atomic mass is 10.4. The van der Waals surface area contributed by atoms with E-state index in [1.807, 2.05) is 0 Å². The van der Waals surface area contributed by atoms with E-state index in [0.29, 0.717) is 6.42 Å². The molecule has 0 aromatic carbocycles. The van der Waals surface area contributed by atoms with Crippen LogP contribution in [0.3, 0.4) is 0 Å². The van der Waals surface area contributed by atoms with E-state index in [2.05, 4.69) is 4.99 Å². The lowest BCUT2D eigenvalue weighted by Gasteiger charge is -1.87. The Kier molecular flexibility index (Phi) is 3.19. The zero-order valence-corrected chi connectivity index (χ0v) is 4.05. The third-order valence-corrected chi connectivity index (χ3v) is 0.546. The Morgan fingerprint density at radius 1 is 1.86 bits per heavy atom. The SMILES string of the molecule is CCC([O])N=C=O. The van der Waals surface area contributed by atoms with Crippen LogP contribution in [0.2, 0.25) is 0 Å². The van der Waals surface area contributed by atoms with Gasteiger partial charge < -0.3 is 0 Å². The van der Waals surface area contributed by atoms with E-state index >= 15 is 0 Å². The van der Waals surface area contributed by atoms with Gasteiger partial charge in [0.2, 0.25) is 6.08 Å². The van der Waals surface area contributed by atoms with Crippen LogP contribution in [0.4, 0.5) is 0 Å². The summed E-state index contributed by atoms with van der Waals surface area (Å²) < 4.78 is 0. The summed E-state index contributed by atoms with van der Waals surface area (Å²) in [6, 6.07) is 0. The van der Waals surface area contributed by atoms with Crippen molar-refractivity contribution in [2.24, 2.45) is 4.99 Å². The number of aliphatic imine (C=N–C) groups is 1. The quantitative estimate of drug-likeness (QED) is 0.368. The van der Waals surface area contributed by atoms with Crippen molar-refractivity contribution in [1.29, 1.82) is 0 Å². The summed E-state index contributed by atoms with van der Waals surface area (Å²) in [5.74, 6) is 0.